The summed E-state index contributed by atoms with van der Waals surface area (Å²) < 4.78 is 13.6. The van der Waals surface area contributed by atoms with E-state index in [0.717, 1.165) is 28.2 Å². The van der Waals surface area contributed by atoms with Gasteiger partial charge in [-0.2, -0.15) is 9.50 Å². The van der Waals surface area contributed by atoms with Gasteiger partial charge in [0, 0.05) is 11.1 Å². The van der Waals surface area contributed by atoms with Crippen molar-refractivity contribution in [3.8, 4) is 22.9 Å². The van der Waals surface area contributed by atoms with E-state index in [2.05, 4.69) is 16.2 Å². The molecule has 0 aliphatic carbocycles. The number of hydrogen-bond acceptors (Lipinski definition) is 6. The van der Waals surface area contributed by atoms with Crippen molar-refractivity contribution in [2.75, 3.05) is 0 Å². The van der Waals surface area contributed by atoms with Crippen molar-refractivity contribution in [1.82, 2.24) is 14.6 Å². The van der Waals surface area contributed by atoms with Gasteiger partial charge in [0.2, 0.25) is 4.96 Å². The summed E-state index contributed by atoms with van der Waals surface area (Å²) in [6.45, 7) is 5.95. The van der Waals surface area contributed by atoms with Crippen LogP contribution in [0.4, 0.5) is 0 Å². The van der Waals surface area contributed by atoms with Crippen LogP contribution >= 0.6 is 11.3 Å². The second-order valence-electron chi connectivity index (χ2n) is 7.68. The Morgan fingerprint density at radius 2 is 1.94 bits per heavy atom. The van der Waals surface area contributed by atoms with Crippen LogP contribution in [-0.4, -0.2) is 26.8 Å². The number of thiazole rings is 1. The molecule has 0 radical (unpaired) electrons. The number of fused-ring (bicyclic) bond motifs is 2. The van der Waals surface area contributed by atoms with Gasteiger partial charge < -0.3 is 9.47 Å². The molecular weight excluding hydrogens is 410 g/mol. The molecule has 7 heteroatoms. The van der Waals surface area contributed by atoms with Crippen LogP contribution in [0.2, 0.25) is 0 Å². The zero-order valence-electron chi connectivity index (χ0n) is 17.4. The molecule has 1 aliphatic heterocycles. The molecule has 0 spiro atoms. The van der Waals surface area contributed by atoms with Crippen molar-refractivity contribution in [3.63, 3.8) is 0 Å². The number of nitrogens with zero attached hydrogens (tertiary/aromatic N) is 3. The maximum atomic E-state index is 12.9. The van der Waals surface area contributed by atoms with Crippen molar-refractivity contribution < 1.29 is 9.47 Å². The van der Waals surface area contributed by atoms with Crippen LogP contribution in [0.25, 0.3) is 28.5 Å². The molecule has 1 aliphatic rings. The van der Waals surface area contributed by atoms with Crippen molar-refractivity contribution in [1.29, 1.82) is 0 Å². The number of aromatic nitrogens is 3. The Bertz CT molecular complexity index is 1400. The first-order valence-corrected chi connectivity index (χ1v) is 11.0. The molecular formula is C24H21N3O3S. The largest absolute Gasteiger partial charge is 0.491 e. The summed E-state index contributed by atoms with van der Waals surface area (Å²) in [5, 5.41) is 4.43. The van der Waals surface area contributed by atoms with Crippen molar-refractivity contribution in [2.24, 2.45) is 0 Å². The van der Waals surface area contributed by atoms with E-state index < -0.39 is 0 Å². The third kappa shape index (κ3) is 3.72. The van der Waals surface area contributed by atoms with E-state index in [9.17, 15) is 4.79 Å². The third-order valence-electron chi connectivity index (χ3n) is 4.98. The molecule has 0 N–H and O–H groups in total. The fourth-order valence-electron chi connectivity index (χ4n) is 3.48. The summed E-state index contributed by atoms with van der Waals surface area (Å²) >= 11 is 1.33. The smallest absolute Gasteiger partial charge is 0.291 e. The Balaban J connectivity index is 1.49. The van der Waals surface area contributed by atoms with Gasteiger partial charge in [-0.1, -0.05) is 29.5 Å². The molecule has 156 valence electrons. The highest BCUT2D eigenvalue weighted by molar-refractivity contribution is 7.15. The van der Waals surface area contributed by atoms with Crippen LogP contribution < -0.4 is 19.6 Å². The minimum Gasteiger partial charge on any atom is -0.491 e. The molecule has 4 aromatic rings. The van der Waals surface area contributed by atoms with Crippen LogP contribution in [0.1, 0.15) is 26.3 Å². The summed E-state index contributed by atoms with van der Waals surface area (Å²) in [7, 11) is 0. The minimum atomic E-state index is -0.175. The topological polar surface area (TPSA) is 65.7 Å². The molecule has 1 atom stereocenters. The molecule has 3 heterocycles. The highest BCUT2D eigenvalue weighted by atomic mass is 32.1. The molecule has 0 bridgehead atoms. The van der Waals surface area contributed by atoms with Gasteiger partial charge in [-0.25, -0.2) is 0 Å². The van der Waals surface area contributed by atoms with E-state index in [-0.39, 0.29) is 17.8 Å². The van der Waals surface area contributed by atoms with Gasteiger partial charge in [-0.05, 0) is 68.8 Å². The molecule has 0 saturated carbocycles. The van der Waals surface area contributed by atoms with Gasteiger partial charge in [0.15, 0.2) is 5.82 Å². The van der Waals surface area contributed by atoms with Crippen molar-refractivity contribution in [3.05, 3.63) is 74.6 Å². The van der Waals surface area contributed by atoms with Crippen LogP contribution in [0, 0.1) is 0 Å². The maximum Gasteiger partial charge on any atom is 0.291 e. The lowest BCUT2D eigenvalue weighted by molar-refractivity contribution is 0.242. The Morgan fingerprint density at radius 3 is 2.68 bits per heavy atom. The Kier molecular flexibility index (Phi) is 4.82. The summed E-state index contributed by atoms with van der Waals surface area (Å²) in [5.74, 6) is 2.17. The predicted octanol–water partition coefficient (Wildman–Crippen LogP) is 3.97. The van der Waals surface area contributed by atoms with Gasteiger partial charge in [0.05, 0.1) is 10.6 Å². The van der Waals surface area contributed by atoms with E-state index in [1.807, 2.05) is 75.4 Å². The Morgan fingerprint density at radius 1 is 1.16 bits per heavy atom. The SMILES string of the molecule is CC(C)Oc1ccc(-c2nc3s/c(=C\C4=Cc5ccccc5OC4C)c(=O)n3n2)cc1. The molecule has 0 fully saturated rings. The van der Waals surface area contributed by atoms with Gasteiger partial charge >= 0.3 is 0 Å². The van der Waals surface area contributed by atoms with Gasteiger partial charge in [-0.3, -0.25) is 4.79 Å². The van der Waals surface area contributed by atoms with Crippen LogP contribution in [0.5, 0.6) is 11.5 Å². The molecule has 5 rings (SSSR count). The lowest BCUT2D eigenvalue weighted by atomic mass is 10.0. The normalized spacial score (nSPS) is 16.3. The number of ether oxygens (including phenoxy) is 2. The first-order valence-electron chi connectivity index (χ1n) is 10.1. The van der Waals surface area contributed by atoms with Crippen LogP contribution in [0.3, 0.4) is 0 Å². The molecule has 6 nitrogen and oxygen atoms in total. The lowest BCUT2D eigenvalue weighted by Gasteiger charge is -2.22. The highest BCUT2D eigenvalue weighted by Gasteiger charge is 2.18. The van der Waals surface area contributed by atoms with Gasteiger partial charge in [-0.15, -0.1) is 5.10 Å². The quantitative estimate of drug-likeness (QED) is 0.489. The fourth-order valence-corrected chi connectivity index (χ4v) is 4.39. The Labute approximate surface area is 183 Å². The maximum absolute atomic E-state index is 12.9. The van der Waals surface area contributed by atoms with Gasteiger partial charge in [0.1, 0.15) is 17.6 Å². The first kappa shape index (κ1) is 19.5. The van der Waals surface area contributed by atoms with E-state index in [1.54, 1.807) is 0 Å². The number of benzene rings is 2. The van der Waals surface area contributed by atoms with E-state index in [4.69, 9.17) is 9.47 Å². The average molecular weight is 432 g/mol. The van der Waals surface area contributed by atoms with Crippen molar-refractivity contribution >= 4 is 28.4 Å². The third-order valence-corrected chi connectivity index (χ3v) is 5.94. The lowest BCUT2D eigenvalue weighted by Crippen LogP contribution is -2.26. The molecule has 0 saturated heterocycles. The summed E-state index contributed by atoms with van der Waals surface area (Å²) in [6, 6.07) is 15.4. The molecule has 1 unspecified atom stereocenters. The number of rotatable bonds is 4. The predicted molar refractivity (Wildman–Crippen MR) is 123 cm³/mol. The molecule has 2 aromatic carbocycles. The first-order chi connectivity index (χ1) is 15.0. The molecule has 2 aromatic heterocycles. The number of para-hydroxylation sites is 1. The van der Waals surface area contributed by atoms with Gasteiger partial charge in [0.25, 0.3) is 5.56 Å². The van der Waals surface area contributed by atoms with E-state index in [0.29, 0.717) is 15.3 Å². The zero-order valence-corrected chi connectivity index (χ0v) is 18.2. The average Bonchev–Trinajstić information content (AvgIpc) is 3.28. The van der Waals surface area contributed by atoms with E-state index in [1.165, 1.54) is 15.9 Å². The standard InChI is InChI=1S/C24H21N3O3S/c1-14(2)29-19-10-8-16(9-11-19)22-25-24-27(26-22)23(28)21(31-24)13-18-12-17-6-4-5-7-20(17)30-15(18)3/h4-15H,1-3H3/b21-13-. The summed E-state index contributed by atoms with van der Waals surface area (Å²) in [4.78, 5) is 18.1. The second kappa shape index (κ2) is 7.67. The fraction of sp³-hybridized carbons (Fsp3) is 0.208. The molecule has 31 heavy (non-hydrogen) atoms. The van der Waals surface area contributed by atoms with Crippen LogP contribution in [0.15, 0.2) is 58.9 Å². The summed E-state index contributed by atoms with van der Waals surface area (Å²) in [5.41, 5.74) is 2.61. The zero-order chi connectivity index (χ0) is 21.5. The minimum absolute atomic E-state index is 0.112. The number of hydrogen-bond donors (Lipinski definition) is 0. The van der Waals surface area contributed by atoms with Crippen LogP contribution in [-0.2, 0) is 0 Å². The van der Waals surface area contributed by atoms with Crippen molar-refractivity contribution in [2.45, 2.75) is 33.0 Å². The summed E-state index contributed by atoms with van der Waals surface area (Å²) in [6.07, 6.45) is 3.91. The second-order valence-corrected chi connectivity index (χ2v) is 8.69. The highest BCUT2D eigenvalue weighted by Crippen LogP contribution is 2.29. The Hall–Kier alpha value is -3.45. The molecule has 0 amide bonds. The monoisotopic (exact) mass is 431 g/mol. The van der Waals surface area contributed by atoms with E-state index >= 15 is 0 Å².